The number of carbonyl (C=O) groups is 1. The topological polar surface area (TPSA) is 109 Å². The zero-order valence-corrected chi connectivity index (χ0v) is 20.0. The van der Waals surface area contributed by atoms with Crippen LogP contribution in [0, 0.1) is 12.8 Å². The molecule has 10 heteroatoms. The molecule has 1 aliphatic rings. The summed E-state index contributed by atoms with van der Waals surface area (Å²) in [5, 5.41) is 5.58. The summed E-state index contributed by atoms with van der Waals surface area (Å²) < 4.78 is 23.4. The molecule has 3 aromatic rings. The number of primary sulfonamides is 1. The number of hydrogen-bond acceptors (Lipinski definition) is 7. The van der Waals surface area contributed by atoms with E-state index in [1.165, 1.54) is 4.90 Å². The van der Waals surface area contributed by atoms with Gasteiger partial charge in [-0.3, -0.25) is 9.69 Å². The van der Waals surface area contributed by atoms with Crippen LogP contribution >= 0.6 is 11.3 Å². The molecule has 2 heterocycles. The first kappa shape index (κ1) is 22.4. The quantitative estimate of drug-likeness (QED) is 0.613. The minimum Gasteiger partial charge on any atom is -0.363 e. The second kappa shape index (κ2) is 8.27. The first-order chi connectivity index (χ1) is 15.0. The molecular weight excluding hydrogens is 446 g/mol. The predicted octanol–water partition coefficient (Wildman–Crippen LogP) is 2.60. The first-order valence-corrected chi connectivity index (χ1v) is 12.4. The smallest absolute Gasteiger partial charge is 0.249 e. The summed E-state index contributed by atoms with van der Waals surface area (Å²) in [5.41, 5.74) is 4.48. The van der Waals surface area contributed by atoms with Crippen molar-refractivity contribution in [3.8, 4) is 11.3 Å². The Morgan fingerprint density at radius 3 is 2.47 bits per heavy atom. The minimum atomic E-state index is -3.87. The molecule has 1 atom stereocenters. The Hall–Kier alpha value is -2.82. The van der Waals surface area contributed by atoms with Crippen molar-refractivity contribution in [2.24, 2.45) is 11.1 Å². The van der Waals surface area contributed by atoms with E-state index in [-0.39, 0.29) is 16.0 Å². The van der Waals surface area contributed by atoms with Crippen LogP contribution in [0.1, 0.15) is 16.8 Å². The fourth-order valence-electron chi connectivity index (χ4n) is 3.93. The number of carbonyl (C=O) groups excluding carboxylic acids is 1. The zero-order valence-electron chi connectivity index (χ0n) is 18.4. The van der Waals surface area contributed by atoms with Crippen molar-refractivity contribution in [2.45, 2.75) is 24.0 Å². The van der Waals surface area contributed by atoms with E-state index in [4.69, 9.17) is 10.1 Å². The molecule has 0 spiro atoms. The Labute approximate surface area is 191 Å². The fourth-order valence-corrected chi connectivity index (χ4v) is 5.84. The van der Waals surface area contributed by atoms with Gasteiger partial charge < -0.3 is 4.90 Å². The van der Waals surface area contributed by atoms with Crippen LogP contribution in [0.2, 0.25) is 0 Å². The maximum atomic E-state index is 13.2. The normalized spacial score (nSPS) is 15.5. The van der Waals surface area contributed by atoms with Gasteiger partial charge in [-0.1, -0.05) is 29.5 Å². The van der Waals surface area contributed by atoms with Gasteiger partial charge in [-0.2, -0.15) is 0 Å². The lowest BCUT2D eigenvalue weighted by Crippen LogP contribution is -2.33. The van der Waals surface area contributed by atoms with Crippen molar-refractivity contribution in [1.82, 2.24) is 9.97 Å². The average molecular weight is 472 g/mol. The van der Waals surface area contributed by atoms with Crippen LogP contribution in [0.15, 0.2) is 40.6 Å². The van der Waals surface area contributed by atoms with Crippen LogP contribution in [0.3, 0.4) is 0 Å². The van der Waals surface area contributed by atoms with E-state index in [9.17, 15) is 13.2 Å². The van der Waals surface area contributed by atoms with E-state index in [1.807, 2.05) is 43.3 Å². The molecule has 4 rings (SSSR count). The van der Waals surface area contributed by atoms with E-state index < -0.39 is 10.0 Å². The molecule has 0 unspecified atom stereocenters. The molecule has 8 nitrogen and oxygen atoms in total. The van der Waals surface area contributed by atoms with E-state index in [1.54, 1.807) is 14.0 Å². The summed E-state index contributed by atoms with van der Waals surface area (Å²) in [7, 11) is 1.67. The molecule has 2 N–H and O–H groups in total. The van der Waals surface area contributed by atoms with Gasteiger partial charge in [-0.25, -0.2) is 23.5 Å². The van der Waals surface area contributed by atoms with Crippen LogP contribution in [0.4, 0.5) is 10.9 Å². The van der Waals surface area contributed by atoms with Gasteiger partial charge in [0.15, 0.2) is 9.34 Å². The van der Waals surface area contributed by atoms with Gasteiger partial charge in [-0.15, -0.1) is 0 Å². The molecule has 0 saturated carbocycles. The number of sulfonamides is 1. The van der Waals surface area contributed by atoms with E-state index in [0.717, 1.165) is 39.5 Å². The average Bonchev–Trinajstić information content (AvgIpc) is 3.35. The third kappa shape index (κ3) is 4.25. The number of amides is 1. The summed E-state index contributed by atoms with van der Waals surface area (Å²) in [5.74, 6) is 0.564. The highest BCUT2D eigenvalue weighted by Crippen LogP contribution is 2.34. The van der Waals surface area contributed by atoms with Crippen molar-refractivity contribution < 1.29 is 13.2 Å². The van der Waals surface area contributed by atoms with E-state index in [0.29, 0.717) is 23.7 Å². The van der Waals surface area contributed by atoms with Gasteiger partial charge in [-0.05, 0) is 49.1 Å². The van der Waals surface area contributed by atoms with Crippen molar-refractivity contribution in [2.75, 3.05) is 30.9 Å². The van der Waals surface area contributed by atoms with Gasteiger partial charge >= 0.3 is 0 Å². The molecular formula is C22H25N5O3S2. The Morgan fingerprint density at radius 1 is 1.09 bits per heavy atom. The maximum absolute atomic E-state index is 13.2. The molecule has 0 bridgehead atoms. The molecule has 1 aliphatic carbocycles. The van der Waals surface area contributed by atoms with Crippen LogP contribution in [-0.4, -0.2) is 45.4 Å². The predicted molar refractivity (Wildman–Crippen MR) is 127 cm³/mol. The molecule has 0 saturated heterocycles. The lowest BCUT2D eigenvalue weighted by molar-refractivity contribution is -0.121. The lowest BCUT2D eigenvalue weighted by atomic mass is 10.0. The summed E-state index contributed by atoms with van der Waals surface area (Å²) in [6.07, 6.45) is 1.25. The van der Waals surface area contributed by atoms with Crippen molar-refractivity contribution in [3.05, 3.63) is 53.2 Å². The largest absolute Gasteiger partial charge is 0.363 e. The number of benzene rings is 1. The molecule has 0 aliphatic heterocycles. The Balaban J connectivity index is 1.54. The van der Waals surface area contributed by atoms with Gasteiger partial charge in [0.25, 0.3) is 0 Å². The second-order valence-corrected chi connectivity index (χ2v) is 10.9. The second-order valence-electron chi connectivity index (χ2n) is 8.18. The van der Waals surface area contributed by atoms with Gasteiger partial charge in [0.2, 0.25) is 15.9 Å². The van der Waals surface area contributed by atoms with Crippen molar-refractivity contribution in [3.63, 3.8) is 0 Å². The number of hydrogen-bond donors (Lipinski definition) is 1. The zero-order chi connectivity index (χ0) is 23.2. The summed E-state index contributed by atoms with van der Waals surface area (Å²) in [4.78, 5) is 25.5. The number of aryl methyl sites for hydroxylation is 1. The molecule has 0 radical (unpaired) electrons. The number of nitrogens with two attached hydrogens (primary N) is 1. The molecule has 168 valence electrons. The van der Waals surface area contributed by atoms with Gasteiger partial charge in [0.1, 0.15) is 5.82 Å². The van der Waals surface area contributed by atoms with Crippen LogP contribution in [-0.2, 0) is 27.7 Å². The number of nitrogens with zero attached hydrogens (tertiary/aromatic N) is 4. The third-order valence-electron chi connectivity index (χ3n) is 5.60. The number of fused-ring (bicyclic) bond motifs is 1. The van der Waals surface area contributed by atoms with Gasteiger partial charge in [0, 0.05) is 32.6 Å². The molecule has 1 amide bonds. The fraction of sp³-hybridized carbons (Fsp3) is 0.318. The SMILES string of the molecule is Cc1nc(N(C)C(=O)[C@H]2Cc3ccc(-c4cccc(N(C)C)n4)cc3C2)sc1S(N)(=O)=O. The third-order valence-corrected chi connectivity index (χ3v) is 8.38. The number of thiazole rings is 1. The Kier molecular flexibility index (Phi) is 5.78. The molecule has 32 heavy (non-hydrogen) atoms. The summed E-state index contributed by atoms with van der Waals surface area (Å²) >= 11 is 0.918. The highest BCUT2D eigenvalue weighted by Gasteiger charge is 2.32. The minimum absolute atomic E-state index is 0.0149. The van der Waals surface area contributed by atoms with Crippen LogP contribution in [0.5, 0.6) is 0 Å². The monoisotopic (exact) mass is 471 g/mol. The molecule has 1 aromatic carbocycles. The standard InChI is InChI=1S/C22H25N5O3S2/c1-13-21(32(23,29)30)31-22(24-13)27(4)20(28)17-10-14-8-9-15(11-16(14)12-17)18-6-5-7-19(25-18)26(2)3/h5-9,11,17H,10,12H2,1-4H3,(H2,23,29,30)/t17-/m0/s1. The van der Waals surface area contributed by atoms with E-state index >= 15 is 0 Å². The lowest BCUT2D eigenvalue weighted by Gasteiger charge is -2.18. The number of pyridine rings is 1. The Bertz CT molecular complexity index is 1300. The van der Waals surface area contributed by atoms with Crippen molar-refractivity contribution in [1.29, 1.82) is 0 Å². The van der Waals surface area contributed by atoms with Crippen LogP contribution < -0.4 is 14.9 Å². The Morgan fingerprint density at radius 2 is 1.81 bits per heavy atom. The maximum Gasteiger partial charge on any atom is 0.249 e. The number of anilines is 2. The number of rotatable bonds is 5. The molecule has 0 fully saturated rings. The highest BCUT2D eigenvalue weighted by molar-refractivity contribution is 7.91. The van der Waals surface area contributed by atoms with Crippen molar-refractivity contribution >= 4 is 38.2 Å². The van der Waals surface area contributed by atoms with Gasteiger partial charge in [0.05, 0.1) is 11.4 Å². The first-order valence-electron chi connectivity index (χ1n) is 10.1. The highest BCUT2D eigenvalue weighted by atomic mass is 32.2. The van der Waals surface area contributed by atoms with E-state index in [2.05, 4.69) is 17.1 Å². The summed E-state index contributed by atoms with van der Waals surface area (Å²) in [6.45, 7) is 1.57. The summed E-state index contributed by atoms with van der Waals surface area (Å²) in [6, 6.07) is 12.1. The molecule has 2 aromatic heterocycles. The number of aromatic nitrogens is 2. The van der Waals surface area contributed by atoms with Crippen LogP contribution in [0.25, 0.3) is 11.3 Å².